The average Bonchev–Trinajstić information content (AvgIpc) is 2.47. The molecule has 1 rings (SSSR count). The molecule has 0 aliphatic heterocycles. The molecule has 1 aromatic carbocycles. The molecule has 0 radical (unpaired) electrons. The van der Waals surface area contributed by atoms with Gasteiger partial charge < -0.3 is 14.2 Å². The molecule has 20 heavy (non-hydrogen) atoms. The summed E-state index contributed by atoms with van der Waals surface area (Å²) in [5, 5.41) is 0. The van der Waals surface area contributed by atoms with Gasteiger partial charge in [-0.05, 0) is 25.5 Å². The molecule has 1 unspecified atom stereocenters. The first kappa shape index (κ1) is 16.0. The fourth-order valence-electron chi connectivity index (χ4n) is 1.85. The summed E-state index contributed by atoms with van der Waals surface area (Å²) in [6, 6.07) is 4.85. The average molecular weight is 280 g/mol. The second-order valence-corrected chi connectivity index (χ2v) is 4.18. The monoisotopic (exact) mass is 280 g/mol. The Bertz CT molecular complexity index is 459. The lowest BCUT2D eigenvalue weighted by atomic mass is 9.95. The smallest absolute Gasteiger partial charge is 0.316 e. The van der Waals surface area contributed by atoms with Crippen LogP contribution in [-0.4, -0.2) is 32.6 Å². The third-order valence-electron chi connectivity index (χ3n) is 2.93. The SMILES string of the molecule is CCOC(=O)C(CC)C(=O)c1cc(OC)cc(OC)c1. The first-order valence-corrected chi connectivity index (χ1v) is 6.51. The molecule has 0 saturated heterocycles. The molecule has 1 atom stereocenters. The van der Waals surface area contributed by atoms with Crippen molar-refractivity contribution in [3.05, 3.63) is 23.8 Å². The first-order chi connectivity index (χ1) is 9.57. The summed E-state index contributed by atoms with van der Waals surface area (Å²) in [7, 11) is 3.01. The van der Waals surface area contributed by atoms with E-state index >= 15 is 0 Å². The summed E-state index contributed by atoms with van der Waals surface area (Å²) in [4.78, 5) is 24.2. The van der Waals surface area contributed by atoms with E-state index in [1.165, 1.54) is 14.2 Å². The van der Waals surface area contributed by atoms with Crippen LogP contribution in [0.1, 0.15) is 30.6 Å². The lowest BCUT2D eigenvalue weighted by Crippen LogP contribution is -2.25. The minimum absolute atomic E-state index is 0.254. The zero-order valence-electron chi connectivity index (χ0n) is 12.3. The molecule has 0 saturated carbocycles. The van der Waals surface area contributed by atoms with E-state index in [0.717, 1.165) is 0 Å². The van der Waals surface area contributed by atoms with Gasteiger partial charge in [-0.25, -0.2) is 0 Å². The van der Waals surface area contributed by atoms with Gasteiger partial charge >= 0.3 is 5.97 Å². The second kappa shape index (κ2) is 7.53. The fourth-order valence-corrected chi connectivity index (χ4v) is 1.85. The Balaban J connectivity index is 3.08. The Hall–Kier alpha value is -2.04. The lowest BCUT2D eigenvalue weighted by molar-refractivity contribution is -0.146. The maximum atomic E-state index is 12.4. The normalized spacial score (nSPS) is 11.6. The number of ketones is 1. The quantitative estimate of drug-likeness (QED) is 0.436. The summed E-state index contributed by atoms with van der Waals surface area (Å²) in [6.45, 7) is 3.74. The third-order valence-corrected chi connectivity index (χ3v) is 2.93. The van der Waals surface area contributed by atoms with Gasteiger partial charge in [0.25, 0.3) is 0 Å². The van der Waals surface area contributed by atoms with E-state index in [9.17, 15) is 9.59 Å². The highest BCUT2D eigenvalue weighted by molar-refractivity contribution is 6.09. The zero-order chi connectivity index (χ0) is 15.1. The second-order valence-electron chi connectivity index (χ2n) is 4.18. The molecule has 1 aromatic rings. The summed E-state index contributed by atoms with van der Waals surface area (Å²) in [5.41, 5.74) is 0.376. The van der Waals surface area contributed by atoms with Gasteiger partial charge in [0.05, 0.1) is 20.8 Å². The maximum absolute atomic E-state index is 12.4. The van der Waals surface area contributed by atoms with Gasteiger partial charge in [-0.15, -0.1) is 0 Å². The minimum atomic E-state index is -0.799. The number of Topliss-reactive ketones (excluding diaryl/α,β-unsaturated/α-hetero) is 1. The summed E-state index contributed by atoms with van der Waals surface area (Å²) in [5.74, 6) is -0.575. The van der Waals surface area contributed by atoms with Crippen molar-refractivity contribution in [2.45, 2.75) is 20.3 Å². The number of carbonyl (C=O) groups excluding carboxylic acids is 2. The summed E-state index contributed by atoms with van der Waals surface area (Å²) in [6.07, 6.45) is 0.386. The van der Waals surface area contributed by atoms with Gasteiger partial charge in [0, 0.05) is 11.6 Å². The van der Waals surface area contributed by atoms with Crippen molar-refractivity contribution in [3.63, 3.8) is 0 Å². The highest BCUT2D eigenvalue weighted by Gasteiger charge is 2.27. The van der Waals surface area contributed by atoms with Crippen molar-refractivity contribution in [1.29, 1.82) is 0 Å². The van der Waals surface area contributed by atoms with Gasteiger partial charge in [0.2, 0.25) is 0 Å². The molecule has 0 bridgehead atoms. The number of hydrogen-bond acceptors (Lipinski definition) is 5. The molecule has 0 spiro atoms. The largest absolute Gasteiger partial charge is 0.497 e. The molecule has 0 aliphatic carbocycles. The van der Waals surface area contributed by atoms with Crippen LogP contribution >= 0.6 is 0 Å². The van der Waals surface area contributed by atoms with Gasteiger partial charge in [0.1, 0.15) is 17.4 Å². The van der Waals surface area contributed by atoms with Crippen LogP contribution < -0.4 is 9.47 Å². The summed E-state index contributed by atoms with van der Waals surface area (Å²) >= 11 is 0. The molecule has 5 heteroatoms. The van der Waals surface area contributed by atoms with E-state index in [0.29, 0.717) is 23.5 Å². The Morgan fingerprint density at radius 3 is 2.00 bits per heavy atom. The van der Waals surface area contributed by atoms with Gasteiger partial charge in [0.15, 0.2) is 5.78 Å². The maximum Gasteiger partial charge on any atom is 0.316 e. The first-order valence-electron chi connectivity index (χ1n) is 6.51. The van der Waals surface area contributed by atoms with Crippen molar-refractivity contribution < 1.29 is 23.8 Å². The van der Waals surface area contributed by atoms with Crippen LogP contribution in [0.2, 0.25) is 0 Å². The molecular formula is C15H20O5. The molecule has 0 fully saturated rings. The number of ether oxygens (including phenoxy) is 3. The van der Waals surface area contributed by atoms with Crippen molar-refractivity contribution in [1.82, 2.24) is 0 Å². The van der Waals surface area contributed by atoms with E-state index in [2.05, 4.69) is 0 Å². The van der Waals surface area contributed by atoms with Crippen molar-refractivity contribution in [2.75, 3.05) is 20.8 Å². The zero-order valence-corrected chi connectivity index (χ0v) is 12.3. The number of carbonyl (C=O) groups is 2. The fraction of sp³-hybridized carbons (Fsp3) is 0.467. The van der Waals surface area contributed by atoms with Crippen LogP contribution in [0.15, 0.2) is 18.2 Å². The Morgan fingerprint density at radius 2 is 1.60 bits per heavy atom. The molecule has 0 aromatic heterocycles. The Morgan fingerprint density at radius 1 is 1.05 bits per heavy atom. The van der Waals surface area contributed by atoms with Crippen molar-refractivity contribution in [2.24, 2.45) is 5.92 Å². The van der Waals surface area contributed by atoms with Gasteiger partial charge in [-0.3, -0.25) is 9.59 Å². The number of hydrogen-bond donors (Lipinski definition) is 0. The molecular weight excluding hydrogens is 260 g/mol. The minimum Gasteiger partial charge on any atom is -0.497 e. The topological polar surface area (TPSA) is 61.8 Å². The van der Waals surface area contributed by atoms with Crippen LogP contribution in [-0.2, 0) is 9.53 Å². The predicted molar refractivity (Wildman–Crippen MR) is 74.3 cm³/mol. The highest BCUT2D eigenvalue weighted by Crippen LogP contribution is 2.25. The van der Waals surface area contributed by atoms with Crippen LogP contribution in [0.3, 0.4) is 0 Å². The number of esters is 1. The standard InChI is InChI=1S/C15H20O5/c1-5-13(15(17)20-6-2)14(16)10-7-11(18-3)9-12(8-10)19-4/h7-9,13H,5-6H2,1-4H3. The van der Waals surface area contributed by atoms with E-state index < -0.39 is 11.9 Å². The molecule has 0 heterocycles. The third kappa shape index (κ3) is 3.73. The van der Waals surface area contributed by atoms with Crippen LogP contribution in [0.25, 0.3) is 0 Å². The number of benzene rings is 1. The van der Waals surface area contributed by atoms with E-state index in [1.54, 1.807) is 32.0 Å². The number of methoxy groups -OCH3 is 2. The Labute approximate surface area is 118 Å². The van der Waals surface area contributed by atoms with Crippen LogP contribution in [0, 0.1) is 5.92 Å². The molecule has 5 nitrogen and oxygen atoms in total. The lowest BCUT2D eigenvalue weighted by Gasteiger charge is -2.14. The predicted octanol–water partition coefficient (Wildman–Crippen LogP) is 2.48. The highest BCUT2D eigenvalue weighted by atomic mass is 16.5. The molecule has 0 amide bonds. The van der Waals surface area contributed by atoms with Crippen LogP contribution in [0.5, 0.6) is 11.5 Å². The molecule has 0 aliphatic rings. The van der Waals surface area contributed by atoms with Crippen molar-refractivity contribution in [3.8, 4) is 11.5 Å². The molecule has 0 N–H and O–H groups in total. The van der Waals surface area contributed by atoms with Crippen LogP contribution in [0.4, 0.5) is 0 Å². The van der Waals surface area contributed by atoms with E-state index in [4.69, 9.17) is 14.2 Å². The van der Waals surface area contributed by atoms with E-state index in [-0.39, 0.29) is 12.4 Å². The van der Waals surface area contributed by atoms with Gasteiger partial charge in [-0.2, -0.15) is 0 Å². The Kier molecular flexibility index (Phi) is 6.03. The number of rotatable bonds is 7. The summed E-state index contributed by atoms with van der Waals surface area (Å²) < 4.78 is 15.2. The molecule has 110 valence electrons. The van der Waals surface area contributed by atoms with Crippen molar-refractivity contribution >= 4 is 11.8 Å². The van der Waals surface area contributed by atoms with Gasteiger partial charge in [-0.1, -0.05) is 6.92 Å². The van der Waals surface area contributed by atoms with E-state index in [1.807, 2.05) is 0 Å².